The molecule has 4 nitrogen and oxygen atoms in total. The van der Waals surface area contributed by atoms with Gasteiger partial charge in [-0.1, -0.05) is 68.4 Å². The molecule has 144 valence electrons. The third kappa shape index (κ3) is 5.22. The Morgan fingerprint density at radius 2 is 1.30 bits per heavy atom. The Morgan fingerprint density at radius 3 is 1.74 bits per heavy atom. The fourth-order valence-corrected chi connectivity index (χ4v) is 2.87. The van der Waals surface area contributed by atoms with E-state index in [0.717, 1.165) is 12.0 Å². The third-order valence-electron chi connectivity index (χ3n) is 4.55. The van der Waals surface area contributed by atoms with Crippen LogP contribution in [0.5, 0.6) is 0 Å². The summed E-state index contributed by atoms with van der Waals surface area (Å²) in [5.41, 5.74) is 0.960. The number of aliphatic hydroxyl groups excluding tert-OH is 4. The second kappa shape index (κ2) is 9.40. The van der Waals surface area contributed by atoms with Gasteiger partial charge in [0.1, 0.15) is 16.9 Å². The lowest BCUT2D eigenvalue weighted by molar-refractivity contribution is 0.0487. The summed E-state index contributed by atoms with van der Waals surface area (Å²) in [4.78, 5) is 0. The summed E-state index contributed by atoms with van der Waals surface area (Å²) in [6, 6.07) is 16.7. The van der Waals surface area contributed by atoms with Crippen molar-refractivity contribution in [1.82, 2.24) is 0 Å². The van der Waals surface area contributed by atoms with Crippen molar-refractivity contribution in [2.75, 3.05) is 13.2 Å². The summed E-state index contributed by atoms with van der Waals surface area (Å²) in [5, 5.41) is 40.9. The van der Waals surface area contributed by atoms with Gasteiger partial charge in [-0.2, -0.15) is 0 Å². The number of hydrogen-bond acceptors (Lipinski definition) is 4. The highest BCUT2D eigenvalue weighted by Crippen LogP contribution is 2.34. The Hall–Kier alpha value is -2.56. The molecule has 0 spiro atoms. The molecule has 2 aromatic carbocycles. The van der Waals surface area contributed by atoms with E-state index in [4.69, 9.17) is 0 Å². The van der Waals surface area contributed by atoms with Crippen LogP contribution in [0.4, 0.5) is 0 Å². The largest absolute Gasteiger partial charge is 0.511 e. The maximum Gasteiger partial charge on any atom is 0.130 e. The Labute approximate surface area is 160 Å². The van der Waals surface area contributed by atoms with Crippen LogP contribution in [0.25, 0.3) is 12.2 Å². The second-order valence-corrected chi connectivity index (χ2v) is 7.21. The van der Waals surface area contributed by atoms with Gasteiger partial charge >= 0.3 is 0 Å². The zero-order valence-electron chi connectivity index (χ0n) is 15.8. The monoisotopic (exact) mass is 368 g/mol. The van der Waals surface area contributed by atoms with Gasteiger partial charge in [0, 0.05) is 0 Å². The molecule has 0 radical (unpaired) electrons. The van der Waals surface area contributed by atoms with Crippen LogP contribution in [0.3, 0.4) is 0 Å². The van der Waals surface area contributed by atoms with Crippen LogP contribution in [-0.2, 0) is 6.42 Å². The van der Waals surface area contributed by atoms with E-state index in [1.54, 1.807) is 12.1 Å². The van der Waals surface area contributed by atoms with Crippen molar-refractivity contribution in [3.05, 3.63) is 82.8 Å². The molecule has 4 N–H and O–H groups in total. The quantitative estimate of drug-likeness (QED) is 0.522. The maximum atomic E-state index is 10.6. The molecule has 0 aliphatic heterocycles. The lowest BCUT2D eigenvalue weighted by Gasteiger charge is -2.28. The van der Waals surface area contributed by atoms with E-state index in [2.05, 4.69) is 13.8 Å². The van der Waals surface area contributed by atoms with Gasteiger partial charge in [0.2, 0.25) is 0 Å². The van der Waals surface area contributed by atoms with Gasteiger partial charge < -0.3 is 20.4 Å². The Kier molecular flexibility index (Phi) is 7.22. The molecule has 0 heterocycles. The van der Waals surface area contributed by atoms with Crippen molar-refractivity contribution in [2.45, 2.75) is 20.3 Å². The zero-order valence-corrected chi connectivity index (χ0v) is 15.8. The molecule has 2 aromatic rings. The maximum absolute atomic E-state index is 10.6. The predicted molar refractivity (Wildman–Crippen MR) is 109 cm³/mol. The summed E-state index contributed by atoms with van der Waals surface area (Å²) in [7, 11) is 0. The summed E-state index contributed by atoms with van der Waals surface area (Å²) in [5.74, 6) is -0.0473. The Balaban J connectivity index is 2.33. The highest BCUT2D eigenvalue weighted by atomic mass is 16.3. The molecule has 0 bridgehead atoms. The molecule has 0 unspecified atom stereocenters. The summed E-state index contributed by atoms with van der Waals surface area (Å²) >= 11 is 0. The molecule has 2 rings (SSSR count). The summed E-state index contributed by atoms with van der Waals surface area (Å²) in [6.45, 7) is 3.04. The van der Waals surface area contributed by atoms with Crippen molar-refractivity contribution < 1.29 is 20.4 Å². The van der Waals surface area contributed by atoms with Crippen LogP contribution in [0.2, 0.25) is 0 Å². The molecule has 0 saturated heterocycles. The van der Waals surface area contributed by atoms with Crippen LogP contribution in [-0.4, -0.2) is 33.6 Å². The van der Waals surface area contributed by atoms with Gasteiger partial charge in [-0.3, -0.25) is 0 Å². The molecule has 0 aliphatic carbocycles. The van der Waals surface area contributed by atoms with Crippen molar-refractivity contribution in [3.8, 4) is 0 Å². The van der Waals surface area contributed by atoms with Gasteiger partial charge in [0.15, 0.2) is 0 Å². The average Bonchev–Trinajstić information content (AvgIpc) is 2.65. The number of benzene rings is 2. The van der Waals surface area contributed by atoms with E-state index in [0.29, 0.717) is 11.5 Å². The lowest BCUT2D eigenvalue weighted by atomic mass is 9.83. The zero-order chi connectivity index (χ0) is 19.9. The third-order valence-corrected chi connectivity index (χ3v) is 4.55. The molecule has 4 heteroatoms. The highest BCUT2D eigenvalue weighted by molar-refractivity contribution is 5.58. The fourth-order valence-electron chi connectivity index (χ4n) is 2.87. The molecule has 0 atom stereocenters. The molecule has 0 amide bonds. The van der Waals surface area contributed by atoms with Crippen molar-refractivity contribution >= 4 is 12.2 Å². The van der Waals surface area contributed by atoms with Crippen LogP contribution in [0.1, 0.15) is 30.5 Å². The first-order valence-electron chi connectivity index (χ1n) is 9.09. The first kappa shape index (κ1) is 20.7. The summed E-state index contributed by atoms with van der Waals surface area (Å²) < 4.78 is 0. The van der Waals surface area contributed by atoms with Gasteiger partial charge in [-0.05, 0) is 41.2 Å². The van der Waals surface area contributed by atoms with E-state index in [1.165, 1.54) is 17.7 Å². The van der Waals surface area contributed by atoms with Crippen LogP contribution in [0, 0.1) is 11.3 Å². The standard InChI is InChI=1S/C23H28O4/c1-17(2)12-19-8-10-20(11-9-19)14-22(27)23(15-24,16-25)21(26)13-18-6-4-3-5-7-18/h3-11,13-14,17,24-27H,12,15-16H2,1-2H3. The molecular weight excluding hydrogens is 340 g/mol. The van der Waals surface area contributed by atoms with Crippen LogP contribution in [0.15, 0.2) is 66.1 Å². The van der Waals surface area contributed by atoms with Crippen LogP contribution < -0.4 is 0 Å². The molecule has 0 aromatic heterocycles. The second-order valence-electron chi connectivity index (χ2n) is 7.21. The smallest absolute Gasteiger partial charge is 0.130 e. The van der Waals surface area contributed by atoms with E-state index in [1.807, 2.05) is 42.5 Å². The minimum absolute atomic E-state index is 0.297. The normalized spacial score (nSPS) is 13.2. The van der Waals surface area contributed by atoms with Crippen LogP contribution >= 0.6 is 0 Å². The van der Waals surface area contributed by atoms with Gasteiger partial charge in [0.05, 0.1) is 13.2 Å². The van der Waals surface area contributed by atoms with E-state index in [9.17, 15) is 20.4 Å². The number of hydrogen-bond donors (Lipinski definition) is 4. The van der Waals surface area contributed by atoms with Crippen molar-refractivity contribution in [3.63, 3.8) is 0 Å². The van der Waals surface area contributed by atoms with Crippen molar-refractivity contribution in [2.24, 2.45) is 11.3 Å². The van der Waals surface area contributed by atoms with E-state index < -0.39 is 18.6 Å². The number of aliphatic hydroxyl groups is 4. The van der Waals surface area contributed by atoms with Gasteiger partial charge in [0.25, 0.3) is 0 Å². The molecular formula is C23H28O4. The first-order valence-corrected chi connectivity index (χ1v) is 9.09. The molecule has 0 saturated carbocycles. The predicted octanol–water partition coefficient (Wildman–Crippen LogP) is 4.35. The number of rotatable bonds is 8. The average molecular weight is 368 g/mol. The Morgan fingerprint density at radius 1 is 0.815 bits per heavy atom. The molecule has 0 fully saturated rings. The molecule has 27 heavy (non-hydrogen) atoms. The Bertz CT molecular complexity index is 770. The minimum Gasteiger partial charge on any atom is -0.511 e. The topological polar surface area (TPSA) is 80.9 Å². The van der Waals surface area contributed by atoms with E-state index in [-0.39, 0.29) is 11.5 Å². The van der Waals surface area contributed by atoms with Crippen molar-refractivity contribution in [1.29, 1.82) is 0 Å². The van der Waals surface area contributed by atoms with E-state index >= 15 is 0 Å². The molecule has 0 aliphatic rings. The first-order chi connectivity index (χ1) is 12.9. The SMILES string of the molecule is CC(C)Cc1ccc(C=C(O)C(CO)(CO)C(O)=Cc2ccccc2)cc1. The summed E-state index contributed by atoms with van der Waals surface area (Å²) in [6.07, 6.45) is 3.86. The lowest BCUT2D eigenvalue weighted by Crippen LogP contribution is -2.34. The fraction of sp³-hybridized carbons (Fsp3) is 0.304. The van der Waals surface area contributed by atoms with Gasteiger partial charge in [-0.25, -0.2) is 0 Å². The highest BCUT2D eigenvalue weighted by Gasteiger charge is 2.38. The van der Waals surface area contributed by atoms with Gasteiger partial charge in [-0.15, -0.1) is 0 Å². The minimum atomic E-state index is -1.66.